The van der Waals surface area contributed by atoms with Gasteiger partial charge in [-0.25, -0.2) is 0 Å². The Hall–Kier alpha value is -0.0400. The molecule has 1 N–H and O–H groups in total. The lowest BCUT2D eigenvalue weighted by molar-refractivity contribution is 0.161. The Morgan fingerprint density at radius 1 is 1.27 bits per heavy atom. The second-order valence-corrected chi connectivity index (χ2v) is 6.30. The van der Waals surface area contributed by atoms with Gasteiger partial charge in [0.1, 0.15) is 0 Å². The molecule has 0 bridgehead atoms. The predicted octanol–water partition coefficient (Wildman–Crippen LogP) is 3.59. The summed E-state index contributed by atoms with van der Waals surface area (Å²) in [5.74, 6) is 1.90. The molecule has 15 heavy (non-hydrogen) atoms. The highest BCUT2D eigenvalue weighted by atomic mass is 15.0. The molecule has 0 heterocycles. The molecule has 0 aromatic heterocycles. The molecule has 0 atom stereocenters. The van der Waals surface area contributed by atoms with Crippen LogP contribution in [0.5, 0.6) is 0 Å². The Morgan fingerprint density at radius 2 is 1.93 bits per heavy atom. The average molecular weight is 209 g/mol. The van der Waals surface area contributed by atoms with E-state index in [-0.39, 0.29) is 0 Å². The van der Waals surface area contributed by atoms with E-state index in [4.69, 9.17) is 0 Å². The van der Waals surface area contributed by atoms with Crippen LogP contribution in [0.2, 0.25) is 0 Å². The minimum Gasteiger partial charge on any atom is -0.313 e. The van der Waals surface area contributed by atoms with Crippen molar-refractivity contribution in [1.29, 1.82) is 0 Å². The minimum atomic E-state index is 0.734. The summed E-state index contributed by atoms with van der Waals surface area (Å²) in [7, 11) is 0. The van der Waals surface area contributed by atoms with Crippen molar-refractivity contribution in [3.05, 3.63) is 0 Å². The zero-order chi connectivity index (χ0) is 10.9. The molecule has 2 saturated carbocycles. The maximum Gasteiger partial charge on any atom is 0.00727 e. The van der Waals surface area contributed by atoms with Crippen molar-refractivity contribution in [2.24, 2.45) is 17.3 Å². The first-order valence-electron chi connectivity index (χ1n) is 6.88. The Balaban J connectivity index is 1.60. The molecule has 1 heteroatoms. The Bertz CT molecular complexity index is 199. The molecule has 0 unspecified atom stereocenters. The van der Waals surface area contributed by atoms with E-state index in [0.717, 1.165) is 23.3 Å². The Kier molecular flexibility index (Phi) is 3.39. The Morgan fingerprint density at radius 3 is 2.40 bits per heavy atom. The highest BCUT2D eigenvalue weighted by Gasteiger charge is 2.42. The van der Waals surface area contributed by atoms with Crippen molar-refractivity contribution in [3.63, 3.8) is 0 Å². The van der Waals surface area contributed by atoms with Crippen LogP contribution in [-0.2, 0) is 0 Å². The topological polar surface area (TPSA) is 12.0 Å². The quantitative estimate of drug-likeness (QED) is 0.705. The first-order valence-corrected chi connectivity index (χ1v) is 6.88. The monoisotopic (exact) mass is 209 g/mol. The largest absolute Gasteiger partial charge is 0.313 e. The zero-order valence-electron chi connectivity index (χ0n) is 10.7. The molecule has 2 aliphatic rings. The highest BCUT2D eigenvalue weighted by molar-refractivity contribution is 4.96. The Labute approximate surface area is 95.0 Å². The first-order chi connectivity index (χ1) is 7.15. The van der Waals surface area contributed by atoms with Crippen molar-refractivity contribution in [2.45, 2.75) is 65.3 Å². The molecule has 1 nitrogen and oxygen atoms in total. The van der Waals surface area contributed by atoms with Crippen LogP contribution in [0.15, 0.2) is 0 Å². The maximum absolute atomic E-state index is 3.79. The van der Waals surface area contributed by atoms with Crippen molar-refractivity contribution in [3.8, 4) is 0 Å². The predicted molar refractivity (Wildman–Crippen MR) is 65.9 cm³/mol. The summed E-state index contributed by atoms with van der Waals surface area (Å²) in [4.78, 5) is 0. The van der Waals surface area contributed by atoms with Gasteiger partial charge in [0.15, 0.2) is 0 Å². The van der Waals surface area contributed by atoms with Crippen molar-refractivity contribution >= 4 is 0 Å². The highest BCUT2D eigenvalue weighted by Crippen LogP contribution is 2.49. The number of nitrogens with one attached hydrogen (secondary N) is 1. The molecule has 0 spiro atoms. The zero-order valence-corrected chi connectivity index (χ0v) is 10.7. The van der Waals surface area contributed by atoms with Gasteiger partial charge in [-0.2, -0.15) is 0 Å². The lowest BCUT2D eigenvalue weighted by Crippen LogP contribution is -2.45. The third-order valence-corrected chi connectivity index (χ3v) is 4.62. The minimum absolute atomic E-state index is 0.734. The van der Waals surface area contributed by atoms with Gasteiger partial charge in [0, 0.05) is 12.6 Å². The van der Waals surface area contributed by atoms with Gasteiger partial charge < -0.3 is 5.32 Å². The molecule has 0 aromatic carbocycles. The van der Waals surface area contributed by atoms with E-state index in [1.54, 1.807) is 0 Å². The molecule has 0 radical (unpaired) electrons. The lowest BCUT2D eigenvalue weighted by Gasteiger charge is -2.39. The van der Waals surface area contributed by atoms with E-state index in [1.807, 2.05) is 0 Å². The van der Waals surface area contributed by atoms with Crippen LogP contribution in [0.1, 0.15) is 59.3 Å². The van der Waals surface area contributed by atoms with E-state index in [0.29, 0.717) is 0 Å². The van der Waals surface area contributed by atoms with E-state index in [1.165, 1.54) is 45.1 Å². The van der Waals surface area contributed by atoms with E-state index in [9.17, 15) is 0 Å². The van der Waals surface area contributed by atoms with Gasteiger partial charge in [0.05, 0.1) is 0 Å². The summed E-state index contributed by atoms with van der Waals surface area (Å²) >= 11 is 0. The summed E-state index contributed by atoms with van der Waals surface area (Å²) in [6.45, 7) is 8.34. The summed E-state index contributed by atoms with van der Waals surface area (Å²) in [5, 5.41) is 3.79. The van der Waals surface area contributed by atoms with Crippen LogP contribution in [0.4, 0.5) is 0 Å². The number of hydrogen-bond acceptors (Lipinski definition) is 1. The van der Waals surface area contributed by atoms with Crippen LogP contribution in [-0.4, -0.2) is 12.6 Å². The normalized spacial score (nSPS) is 32.8. The number of rotatable bonds is 6. The molecular weight excluding hydrogens is 182 g/mol. The lowest BCUT2D eigenvalue weighted by atomic mass is 9.73. The second-order valence-electron chi connectivity index (χ2n) is 6.30. The smallest absolute Gasteiger partial charge is 0.00727 e. The molecule has 2 aliphatic carbocycles. The fourth-order valence-electron chi connectivity index (χ4n) is 2.96. The van der Waals surface area contributed by atoms with Crippen molar-refractivity contribution < 1.29 is 0 Å². The maximum atomic E-state index is 3.79. The van der Waals surface area contributed by atoms with Gasteiger partial charge >= 0.3 is 0 Å². The van der Waals surface area contributed by atoms with Crippen molar-refractivity contribution in [2.75, 3.05) is 6.54 Å². The molecule has 2 fully saturated rings. The third kappa shape index (κ3) is 2.75. The van der Waals surface area contributed by atoms with Gasteiger partial charge in [-0.3, -0.25) is 0 Å². The van der Waals surface area contributed by atoms with Gasteiger partial charge in [-0.15, -0.1) is 0 Å². The molecule has 88 valence electrons. The van der Waals surface area contributed by atoms with Gasteiger partial charge in [0.25, 0.3) is 0 Å². The first kappa shape index (κ1) is 11.4. The van der Waals surface area contributed by atoms with Crippen LogP contribution >= 0.6 is 0 Å². The van der Waals surface area contributed by atoms with Crippen LogP contribution in [0.25, 0.3) is 0 Å². The van der Waals surface area contributed by atoms with Gasteiger partial charge in [-0.1, -0.05) is 27.2 Å². The summed E-state index contributed by atoms with van der Waals surface area (Å²) in [6.07, 6.45) is 8.63. The fourth-order valence-corrected chi connectivity index (χ4v) is 2.96. The molecule has 0 amide bonds. The van der Waals surface area contributed by atoms with Crippen LogP contribution in [0.3, 0.4) is 0 Å². The van der Waals surface area contributed by atoms with Crippen LogP contribution in [0, 0.1) is 17.3 Å². The SMILES string of the molecule is CCCC1(CNC2CC(C(C)C)C2)CC1. The van der Waals surface area contributed by atoms with Crippen LogP contribution < -0.4 is 5.32 Å². The van der Waals surface area contributed by atoms with E-state index < -0.39 is 0 Å². The van der Waals surface area contributed by atoms with E-state index in [2.05, 4.69) is 26.1 Å². The summed E-state index contributed by atoms with van der Waals surface area (Å²) < 4.78 is 0. The average Bonchev–Trinajstić information content (AvgIpc) is 2.82. The second kappa shape index (κ2) is 4.45. The standard InChI is InChI=1S/C14H27N/c1-4-5-14(6-7-14)10-15-13-8-12(9-13)11(2)3/h11-13,15H,4-10H2,1-3H3. The van der Waals surface area contributed by atoms with Gasteiger partial charge in [-0.05, 0) is 49.4 Å². The molecule has 0 saturated heterocycles. The molecule has 0 aromatic rings. The van der Waals surface area contributed by atoms with E-state index >= 15 is 0 Å². The summed E-state index contributed by atoms with van der Waals surface area (Å²) in [5.41, 5.74) is 0.734. The fraction of sp³-hybridized carbons (Fsp3) is 1.00. The van der Waals surface area contributed by atoms with Gasteiger partial charge in [0.2, 0.25) is 0 Å². The van der Waals surface area contributed by atoms with Crippen molar-refractivity contribution in [1.82, 2.24) is 5.32 Å². The summed E-state index contributed by atoms with van der Waals surface area (Å²) in [6, 6.07) is 0.853. The number of hydrogen-bond donors (Lipinski definition) is 1. The molecule has 0 aliphatic heterocycles. The molecule has 2 rings (SSSR count). The molecular formula is C14H27N. The third-order valence-electron chi connectivity index (χ3n) is 4.62.